The van der Waals surface area contributed by atoms with E-state index in [1.165, 1.54) is 0 Å². The zero-order valence-electron chi connectivity index (χ0n) is 10.2. The topological polar surface area (TPSA) is 45.8 Å². The zero-order chi connectivity index (χ0) is 12.2. The smallest absolute Gasteiger partial charge is 0.164 e. The van der Waals surface area contributed by atoms with E-state index in [0.29, 0.717) is 6.42 Å². The molecule has 86 valence electrons. The van der Waals surface area contributed by atoms with Crippen LogP contribution in [0.1, 0.15) is 44.0 Å². The van der Waals surface area contributed by atoms with Gasteiger partial charge in [0.2, 0.25) is 0 Å². The van der Waals surface area contributed by atoms with Crippen molar-refractivity contribution in [1.29, 1.82) is 5.26 Å². The Hall–Kier alpha value is -1.56. The molecule has 0 aliphatic rings. The van der Waals surface area contributed by atoms with Crippen molar-refractivity contribution in [2.45, 2.75) is 40.2 Å². The average Bonchev–Trinajstić information content (AvgIpc) is 2.74. The maximum Gasteiger partial charge on any atom is 0.164 e. The number of nitriles is 1. The molecule has 3 nitrogen and oxygen atoms in total. The van der Waals surface area contributed by atoms with Crippen molar-refractivity contribution >= 4 is 5.78 Å². The minimum Gasteiger partial charge on any atom is -0.353 e. The predicted octanol–water partition coefficient (Wildman–Crippen LogP) is 3.02. The fourth-order valence-electron chi connectivity index (χ4n) is 1.41. The van der Waals surface area contributed by atoms with Gasteiger partial charge in [-0.15, -0.1) is 0 Å². The highest BCUT2D eigenvalue weighted by Crippen LogP contribution is 2.19. The Labute approximate surface area is 96.7 Å². The molecule has 0 bridgehead atoms. The molecule has 16 heavy (non-hydrogen) atoms. The summed E-state index contributed by atoms with van der Waals surface area (Å²) in [5.41, 5.74) is 0.455. The van der Waals surface area contributed by atoms with Crippen LogP contribution in [0.3, 0.4) is 0 Å². The van der Waals surface area contributed by atoms with E-state index in [1.54, 1.807) is 0 Å². The van der Waals surface area contributed by atoms with Crippen LogP contribution in [0, 0.1) is 16.7 Å². The summed E-state index contributed by atoms with van der Waals surface area (Å²) in [6, 6.07) is 4.11. The second kappa shape index (κ2) is 4.98. The summed E-state index contributed by atoms with van der Waals surface area (Å²) in [7, 11) is 0. The lowest BCUT2D eigenvalue weighted by Gasteiger charge is -2.14. The molecule has 0 amide bonds. The van der Waals surface area contributed by atoms with Crippen molar-refractivity contribution in [3.05, 3.63) is 24.0 Å². The molecule has 1 aromatic rings. The Balaban J connectivity index is 2.60. The summed E-state index contributed by atoms with van der Waals surface area (Å²) >= 11 is 0. The molecule has 0 aromatic carbocycles. The van der Waals surface area contributed by atoms with E-state index in [9.17, 15) is 4.79 Å². The van der Waals surface area contributed by atoms with Gasteiger partial charge in [0, 0.05) is 30.9 Å². The summed E-state index contributed by atoms with van der Waals surface area (Å²) < 4.78 is 1.97. The van der Waals surface area contributed by atoms with Crippen LogP contribution in [0.4, 0.5) is 0 Å². The van der Waals surface area contributed by atoms with Gasteiger partial charge in [0.05, 0.1) is 11.5 Å². The molecule has 0 aliphatic carbocycles. The van der Waals surface area contributed by atoms with Crippen LogP contribution in [-0.4, -0.2) is 10.4 Å². The second-order valence-corrected chi connectivity index (χ2v) is 4.66. The maximum absolute atomic E-state index is 11.4. The number of aromatic nitrogens is 1. The summed E-state index contributed by atoms with van der Waals surface area (Å²) in [4.78, 5) is 11.4. The Kier molecular flexibility index (Phi) is 3.89. The molecule has 1 aromatic heterocycles. The summed E-state index contributed by atoms with van der Waals surface area (Å²) in [6.07, 6.45) is 5.08. The standard InChI is InChI=1S/C13H18N2O/c1-4-12(16)11-5-7-15(9-11)8-6-13(2,3)10-14/h5,7,9H,4,6,8H2,1-3H3. The lowest BCUT2D eigenvalue weighted by molar-refractivity contribution is 0.0988. The van der Waals surface area contributed by atoms with Gasteiger partial charge in [0.25, 0.3) is 0 Å². The van der Waals surface area contributed by atoms with Crippen molar-refractivity contribution in [2.24, 2.45) is 5.41 Å². The van der Waals surface area contributed by atoms with Gasteiger partial charge in [-0.1, -0.05) is 6.92 Å². The van der Waals surface area contributed by atoms with Crippen molar-refractivity contribution in [2.75, 3.05) is 0 Å². The Morgan fingerprint density at radius 1 is 1.56 bits per heavy atom. The third-order valence-electron chi connectivity index (χ3n) is 2.69. The fourth-order valence-corrected chi connectivity index (χ4v) is 1.41. The van der Waals surface area contributed by atoms with Crippen LogP contribution >= 0.6 is 0 Å². The molecule has 0 saturated heterocycles. The summed E-state index contributed by atoms with van der Waals surface area (Å²) in [5, 5.41) is 8.89. The van der Waals surface area contributed by atoms with Crippen molar-refractivity contribution in [3.63, 3.8) is 0 Å². The summed E-state index contributed by atoms with van der Waals surface area (Å²) in [6.45, 7) is 6.49. The molecule has 0 spiro atoms. The molecule has 0 radical (unpaired) electrons. The fraction of sp³-hybridized carbons (Fsp3) is 0.538. The lowest BCUT2D eigenvalue weighted by atomic mass is 9.91. The van der Waals surface area contributed by atoms with Gasteiger partial charge in [-0.05, 0) is 26.3 Å². The van der Waals surface area contributed by atoms with E-state index in [-0.39, 0.29) is 11.2 Å². The Morgan fingerprint density at radius 2 is 2.25 bits per heavy atom. The first kappa shape index (κ1) is 12.5. The van der Waals surface area contributed by atoms with Crippen LogP contribution in [0.25, 0.3) is 0 Å². The first-order chi connectivity index (χ1) is 7.48. The van der Waals surface area contributed by atoms with Crippen LogP contribution in [0.15, 0.2) is 18.5 Å². The van der Waals surface area contributed by atoms with Crippen molar-refractivity contribution in [1.82, 2.24) is 4.57 Å². The van der Waals surface area contributed by atoms with E-state index in [2.05, 4.69) is 6.07 Å². The third-order valence-corrected chi connectivity index (χ3v) is 2.69. The third kappa shape index (κ3) is 3.23. The maximum atomic E-state index is 11.4. The monoisotopic (exact) mass is 218 g/mol. The number of Topliss-reactive ketones (excluding diaryl/α,β-unsaturated/α-hetero) is 1. The molecule has 0 fully saturated rings. The molecule has 1 heterocycles. The normalized spacial score (nSPS) is 11.1. The zero-order valence-corrected chi connectivity index (χ0v) is 10.2. The van der Waals surface area contributed by atoms with Crippen LogP contribution in [0.2, 0.25) is 0 Å². The number of ketones is 1. The molecule has 0 saturated carbocycles. The number of nitrogens with zero attached hydrogens (tertiary/aromatic N) is 2. The van der Waals surface area contributed by atoms with Crippen LogP contribution in [0.5, 0.6) is 0 Å². The van der Waals surface area contributed by atoms with E-state index in [1.807, 2.05) is 43.8 Å². The number of carbonyl (C=O) groups excluding carboxylic acids is 1. The molecule has 0 N–H and O–H groups in total. The SMILES string of the molecule is CCC(=O)c1ccn(CCC(C)(C)C#N)c1. The number of rotatable bonds is 5. The minimum absolute atomic E-state index is 0.165. The van der Waals surface area contributed by atoms with Gasteiger partial charge in [-0.25, -0.2) is 0 Å². The van der Waals surface area contributed by atoms with Gasteiger partial charge < -0.3 is 4.57 Å². The molecule has 1 rings (SSSR count). The molecular formula is C13H18N2O. The minimum atomic E-state index is -0.306. The van der Waals surface area contributed by atoms with Crippen LogP contribution in [-0.2, 0) is 6.54 Å². The average molecular weight is 218 g/mol. The number of aryl methyl sites for hydroxylation is 1. The highest BCUT2D eigenvalue weighted by Gasteiger charge is 2.16. The van der Waals surface area contributed by atoms with E-state index in [0.717, 1.165) is 18.5 Å². The first-order valence-corrected chi connectivity index (χ1v) is 5.59. The van der Waals surface area contributed by atoms with Gasteiger partial charge in [0.15, 0.2) is 5.78 Å². The lowest BCUT2D eigenvalue weighted by Crippen LogP contribution is -2.11. The second-order valence-electron chi connectivity index (χ2n) is 4.66. The van der Waals surface area contributed by atoms with Gasteiger partial charge >= 0.3 is 0 Å². The Morgan fingerprint density at radius 3 is 2.81 bits per heavy atom. The molecular weight excluding hydrogens is 200 g/mol. The van der Waals surface area contributed by atoms with Crippen LogP contribution < -0.4 is 0 Å². The molecule has 0 atom stereocenters. The molecule has 0 unspecified atom stereocenters. The van der Waals surface area contributed by atoms with E-state index < -0.39 is 0 Å². The van der Waals surface area contributed by atoms with Crippen molar-refractivity contribution in [3.8, 4) is 6.07 Å². The van der Waals surface area contributed by atoms with E-state index >= 15 is 0 Å². The quantitative estimate of drug-likeness (QED) is 0.713. The van der Waals surface area contributed by atoms with Gasteiger partial charge in [-0.2, -0.15) is 5.26 Å². The predicted molar refractivity (Wildman–Crippen MR) is 63.1 cm³/mol. The summed E-state index contributed by atoms with van der Waals surface area (Å²) in [5.74, 6) is 0.165. The molecule has 3 heteroatoms. The number of hydrogen-bond donors (Lipinski definition) is 0. The number of carbonyl (C=O) groups is 1. The van der Waals surface area contributed by atoms with Crippen molar-refractivity contribution < 1.29 is 4.79 Å². The van der Waals surface area contributed by atoms with E-state index in [4.69, 9.17) is 5.26 Å². The van der Waals surface area contributed by atoms with Gasteiger partial charge in [0.1, 0.15) is 0 Å². The first-order valence-electron chi connectivity index (χ1n) is 5.59. The van der Waals surface area contributed by atoms with Gasteiger partial charge in [-0.3, -0.25) is 4.79 Å². The highest BCUT2D eigenvalue weighted by molar-refractivity contribution is 5.95. The largest absolute Gasteiger partial charge is 0.353 e. The molecule has 0 aliphatic heterocycles. The highest BCUT2D eigenvalue weighted by atomic mass is 16.1. The number of hydrogen-bond acceptors (Lipinski definition) is 2. The Bertz CT molecular complexity index is 410.